The van der Waals surface area contributed by atoms with Crippen molar-refractivity contribution >= 4 is 22.6 Å². The van der Waals surface area contributed by atoms with Gasteiger partial charge < -0.3 is 30.2 Å². The van der Waals surface area contributed by atoms with Gasteiger partial charge in [0.25, 0.3) is 5.91 Å². The molecule has 236 valence electrons. The van der Waals surface area contributed by atoms with E-state index in [4.69, 9.17) is 4.74 Å². The molecule has 2 amide bonds. The minimum Gasteiger partial charge on any atom is -0.379 e. The first-order chi connectivity index (χ1) is 20.8. The number of amides is 2. The lowest BCUT2D eigenvalue weighted by Crippen LogP contribution is -2.47. The SMILES string of the molecule is CCCN(CCC)CCC[C@H](NC(=O)c1ccc(CNCc2nccn2C)c2ccccc12)C(=O)NCCCOC(C)C. The molecule has 3 N–H and O–H groups in total. The predicted octanol–water partition coefficient (Wildman–Crippen LogP) is 4.80. The number of hydrogen-bond acceptors (Lipinski definition) is 6. The first-order valence-corrected chi connectivity index (χ1v) is 15.9. The quantitative estimate of drug-likeness (QED) is 0.163. The summed E-state index contributed by atoms with van der Waals surface area (Å²) < 4.78 is 7.60. The van der Waals surface area contributed by atoms with Crippen LogP contribution in [0.15, 0.2) is 48.8 Å². The summed E-state index contributed by atoms with van der Waals surface area (Å²) in [5.41, 5.74) is 1.68. The van der Waals surface area contributed by atoms with E-state index in [1.165, 1.54) is 0 Å². The van der Waals surface area contributed by atoms with Crippen molar-refractivity contribution in [2.75, 3.05) is 32.8 Å². The minimum atomic E-state index is -0.610. The number of rotatable bonds is 20. The van der Waals surface area contributed by atoms with Gasteiger partial charge in [-0.2, -0.15) is 0 Å². The van der Waals surface area contributed by atoms with Crippen molar-refractivity contribution in [2.24, 2.45) is 7.05 Å². The van der Waals surface area contributed by atoms with E-state index < -0.39 is 6.04 Å². The van der Waals surface area contributed by atoms with Crippen molar-refractivity contribution in [2.45, 2.75) is 85.0 Å². The van der Waals surface area contributed by atoms with Crippen LogP contribution in [-0.2, 0) is 29.7 Å². The highest BCUT2D eigenvalue weighted by molar-refractivity contribution is 6.08. The van der Waals surface area contributed by atoms with Gasteiger partial charge in [-0.25, -0.2) is 4.98 Å². The van der Waals surface area contributed by atoms with Crippen LogP contribution in [0.4, 0.5) is 0 Å². The molecule has 0 spiro atoms. The smallest absolute Gasteiger partial charge is 0.252 e. The van der Waals surface area contributed by atoms with Crippen LogP contribution in [0.2, 0.25) is 0 Å². The molecular weight excluding hydrogens is 540 g/mol. The van der Waals surface area contributed by atoms with Crippen molar-refractivity contribution in [1.29, 1.82) is 0 Å². The van der Waals surface area contributed by atoms with Crippen molar-refractivity contribution in [3.63, 3.8) is 0 Å². The Morgan fingerprint density at radius 1 is 0.977 bits per heavy atom. The standard InChI is InChI=1S/C34H52N6O3/c1-6-19-40(20-7-2)21-10-14-31(34(42)37-17-11-23-43-26(3)4)38-33(41)30-16-15-27(28-12-8-9-13-29(28)30)24-35-25-32-36-18-22-39(32)5/h8-9,12-13,15-16,18,22,26,31,35H,6-7,10-11,14,17,19-21,23-25H2,1-5H3,(H,37,42)(H,38,41)/t31-/m0/s1. The molecule has 0 aliphatic rings. The van der Waals surface area contributed by atoms with Gasteiger partial charge in [0.05, 0.1) is 12.6 Å². The summed E-state index contributed by atoms with van der Waals surface area (Å²) in [7, 11) is 1.98. The molecule has 0 radical (unpaired) electrons. The Balaban J connectivity index is 1.70. The van der Waals surface area contributed by atoms with E-state index in [-0.39, 0.29) is 17.9 Å². The second-order valence-electron chi connectivity index (χ2n) is 11.4. The van der Waals surface area contributed by atoms with Gasteiger partial charge in [0.15, 0.2) is 0 Å². The summed E-state index contributed by atoms with van der Waals surface area (Å²) in [6, 6.07) is 11.2. The minimum absolute atomic E-state index is 0.144. The first kappa shape index (κ1) is 34.2. The highest BCUT2D eigenvalue weighted by Gasteiger charge is 2.23. The average molecular weight is 593 g/mol. The Hall–Kier alpha value is -3.27. The Morgan fingerprint density at radius 2 is 1.72 bits per heavy atom. The third kappa shape index (κ3) is 11.1. The van der Waals surface area contributed by atoms with E-state index in [1.54, 1.807) is 6.20 Å². The second kappa shape index (κ2) is 18.4. The number of nitrogens with zero attached hydrogens (tertiary/aromatic N) is 3. The third-order valence-corrected chi connectivity index (χ3v) is 7.52. The van der Waals surface area contributed by atoms with Crippen LogP contribution < -0.4 is 16.0 Å². The lowest BCUT2D eigenvalue weighted by molar-refractivity contribution is -0.123. The van der Waals surface area contributed by atoms with Gasteiger partial charge >= 0.3 is 0 Å². The molecule has 0 fully saturated rings. The number of benzene rings is 2. The Kier molecular flexibility index (Phi) is 14.6. The molecule has 9 nitrogen and oxygen atoms in total. The predicted molar refractivity (Wildman–Crippen MR) is 174 cm³/mol. The van der Waals surface area contributed by atoms with E-state index in [2.05, 4.69) is 39.7 Å². The van der Waals surface area contributed by atoms with E-state index in [1.807, 2.05) is 68.1 Å². The maximum Gasteiger partial charge on any atom is 0.252 e. The summed E-state index contributed by atoms with van der Waals surface area (Å²) in [6.45, 7) is 13.8. The fraction of sp³-hybridized carbons (Fsp3) is 0.559. The van der Waals surface area contributed by atoms with Gasteiger partial charge in [-0.05, 0) is 88.0 Å². The molecule has 0 aliphatic heterocycles. The summed E-state index contributed by atoms with van der Waals surface area (Å²) in [5.74, 6) is 0.588. The zero-order chi connectivity index (χ0) is 31.0. The summed E-state index contributed by atoms with van der Waals surface area (Å²) >= 11 is 0. The fourth-order valence-corrected chi connectivity index (χ4v) is 5.31. The maximum absolute atomic E-state index is 13.7. The summed E-state index contributed by atoms with van der Waals surface area (Å²) in [5, 5.41) is 11.5. The molecule has 0 bridgehead atoms. The number of carbonyl (C=O) groups excluding carboxylic acids is 2. The topological polar surface area (TPSA) is 101 Å². The number of fused-ring (bicyclic) bond motifs is 1. The van der Waals surface area contributed by atoms with E-state index in [9.17, 15) is 9.59 Å². The molecule has 0 unspecified atom stereocenters. The summed E-state index contributed by atoms with van der Waals surface area (Å²) in [6.07, 6.45) is 8.22. The zero-order valence-electron chi connectivity index (χ0n) is 26.8. The van der Waals surface area contributed by atoms with Crippen molar-refractivity contribution in [3.05, 3.63) is 65.7 Å². The van der Waals surface area contributed by atoms with E-state index >= 15 is 0 Å². The highest BCUT2D eigenvalue weighted by Crippen LogP contribution is 2.23. The van der Waals surface area contributed by atoms with Gasteiger partial charge in [0.2, 0.25) is 5.91 Å². The van der Waals surface area contributed by atoms with Crippen LogP contribution in [0.3, 0.4) is 0 Å². The monoisotopic (exact) mass is 592 g/mol. The van der Waals surface area contributed by atoms with Gasteiger partial charge in [-0.15, -0.1) is 0 Å². The van der Waals surface area contributed by atoms with Crippen molar-refractivity contribution < 1.29 is 14.3 Å². The molecule has 1 atom stereocenters. The van der Waals surface area contributed by atoms with Crippen molar-refractivity contribution in [1.82, 2.24) is 30.4 Å². The van der Waals surface area contributed by atoms with Crippen LogP contribution in [0.1, 0.15) is 81.5 Å². The van der Waals surface area contributed by atoms with E-state index in [0.29, 0.717) is 38.2 Å². The Bertz CT molecular complexity index is 1270. The number of aromatic nitrogens is 2. The molecule has 43 heavy (non-hydrogen) atoms. The molecule has 1 aromatic heterocycles. The molecule has 3 aromatic rings. The highest BCUT2D eigenvalue weighted by atomic mass is 16.5. The molecule has 0 aliphatic carbocycles. The third-order valence-electron chi connectivity index (χ3n) is 7.52. The van der Waals surface area contributed by atoms with Gasteiger partial charge in [0.1, 0.15) is 11.9 Å². The summed E-state index contributed by atoms with van der Waals surface area (Å²) in [4.78, 5) is 33.8. The maximum atomic E-state index is 13.7. The fourth-order valence-electron chi connectivity index (χ4n) is 5.31. The van der Waals surface area contributed by atoms with Crippen LogP contribution in [-0.4, -0.2) is 71.2 Å². The number of nitrogens with one attached hydrogen (secondary N) is 3. The second-order valence-corrected chi connectivity index (χ2v) is 11.4. The largest absolute Gasteiger partial charge is 0.379 e. The van der Waals surface area contributed by atoms with Crippen molar-refractivity contribution in [3.8, 4) is 0 Å². The van der Waals surface area contributed by atoms with E-state index in [0.717, 1.165) is 67.5 Å². The first-order valence-electron chi connectivity index (χ1n) is 15.9. The molecule has 1 heterocycles. The van der Waals surface area contributed by atoms with Gasteiger partial charge in [0, 0.05) is 44.7 Å². The van der Waals surface area contributed by atoms with Gasteiger partial charge in [-0.1, -0.05) is 44.2 Å². The van der Waals surface area contributed by atoms with Gasteiger partial charge in [-0.3, -0.25) is 9.59 Å². The Labute approximate surface area is 257 Å². The van der Waals surface area contributed by atoms with Crippen LogP contribution in [0.25, 0.3) is 10.8 Å². The number of hydrogen-bond donors (Lipinski definition) is 3. The molecule has 9 heteroatoms. The zero-order valence-corrected chi connectivity index (χ0v) is 26.8. The van der Waals surface area contributed by atoms with Crippen LogP contribution in [0, 0.1) is 0 Å². The molecule has 0 saturated heterocycles. The lowest BCUT2D eigenvalue weighted by Gasteiger charge is -2.23. The average Bonchev–Trinajstić information content (AvgIpc) is 3.40. The van der Waals surface area contributed by atoms with Crippen LogP contribution in [0.5, 0.6) is 0 Å². The number of aryl methyl sites for hydroxylation is 1. The molecule has 2 aromatic carbocycles. The number of imidazole rings is 1. The normalized spacial score (nSPS) is 12.3. The number of carbonyl (C=O) groups is 2. The lowest BCUT2D eigenvalue weighted by atomic mass is 9.98. The molecular formula is C34H52N6O3. The number of ether oxygens (including phenoxy) is 1. The molecule has 0 saturated carbocycles. The Morgan fingerprint density at radius 3 is 2.40 bits per heavy atom. The molecule has 3 rings (SSSR count). The van der Waals surface area contributed by atoms with Crippen LogP contribution >= 0.6 is 0 Å².